The van der Waals surface area contributed by atoms with Gasteiger partial charge in [0.05, 0.1) is 12.7 Å². The summed E-state index contributed by atoms with van der Waals surface area (Å²) in [6.45, 7) is 4.58. The van der Waals surface area contributed by atoms with Crippen molar-refractivity contribution >= 4 is 0 Å². The van der Waals surface area contributed by atoms with Crippen molar-refractivity contribution in [1.82, 2.24) is 4.90 Å². The molecule has 1 unspecified atom stereocenters. The summed E-state index contributed by atoms with van der Waals surface area (Å²) in [6, 6.07) is 0.544. The Kier molecular flexibility index (Phi) is 2.65. The molecule has 3 nitrogen and oxygen atoms in total. The molecule has 0 amide bonds. The van der Waals surface area contributed by atoms with Crippen molar-refractivity contribution in [3.8, 4) is 0 Å². The van der Waals surface area contributed by atoms with E-state index in [9.17, 15) is 0 Å². The van der Waals surface area contributed by atoms with Gasteiger partial charge in [-0.2, -0.15) is 0 Å². The summed E-state index contributed by atoms with van der Waals surface area (Å²) in [7, 11) is 2.11. The molecule has 1 rings (SSSR count). The summed E-state index contributed by atoms with van der Waals surface area (Å²) in [5.74, 6) is 0. The predicted octanol–water partition coefficient (Wildman–Crippen LogP) is -0.336. The molecule has 0 aromatic heterocycles. The van der Waals surface area contributed by atoms with Gasteiger partial charge in [-0.3, -0.25) is 4.90 Å². The van der Waals surface area contributed by atoms with Gasteiger partial charge in [-0.15, -0.1) is 0 Å². The molecule has 2 atom stereocenters. The quantitative estimate of drug-likeness (QED) is 0.547. The van der Waals surface area contributed by atoms with E-state index in [1.165, 1.54) is 0 Å². The van der Waals surface area contributed by atoms with Gasteiger partial charge in [-0.25, -0.2) is 0 Å². The molecule has 0 aliphatic carbocycles. The third-order valence-corrected chi connectivity index (χ3v) is 2.08. The van der Waals surface area contributed by atoms with Crippen molar-refractivity contribution in [3.05, 3.63) is 0 Å². The number of ether oxygens (including phenoxy) is 1. The van der Waals surface area contributed by atoms with Crippen LogP contribution in [0.25, 0.3) is 0 Å². The van der Waals surface area contributed by atoms with Gasteiger partial charge in [-0.1, -0.05) is 0 Å². The van der Waals surface area contributed by atoms with Gasteiger partial charge in [0.25, 0.3) is 0 Å². The van der Waals surface area contributed by atoms with Crippen LogP contribution in [0.15, 0.2) is 0 Å². The lowest BCUT2D eigenvalue weighted by Crippen LogP contribution is -2.48. The van der Waals surface area contributed by atoms with E-state index in [1.54, 1.807) is 0 Å². The first-order valence-electron chi connectivity index (χ1n) is 3.76. The van der Waals surface area contributed by atoms with E-state index in [0.717, 1.165) is 13.2 Å². The lowest BCUT2D eigenvalue weighted by atomic mass is 10.2. The Morgan fingerprint density at radius 2 is 2.40 bits per heavy atom. The predicted molar refractivity (Wildman–Crippen MR) is 40.9 cm³/mol. The number of nitrogens with two attached hydrogens (primary N) is 1. The minimum Gasteiger partial charge on any atom is -0.374 e. The van der Waals surface area contributed by atoms with Gasteiger partial charge in [0, 0.05) is 19.1 Å². The van der Waals surface area contributed by atoms with Crippen molar-refractivity contribution in [3.63, 3.8) is 0 Å². The third-order valence-electron chi connectivity index (χ3n) is 2.08. The first kappa shape index (κ1) is 7.98. The second kappa shape index (κ2) is 3.32. The van der Waals surface area contributed by atoms with Crippen molar-refractivity contribution in [2.75, 3.05) is 26.7 Å². The van der Waals surface area contributed by atoms with E-state index in [-0.39, 0.29) is 6.10 Å². The summed E-state index contributed by atoms with van der Waals surface area (Å²) < 4.78 is 5.44. The second-order valence-corrected chi connectivity index (χ2v) is 2.98. The highest BCUT2D eigenvalue weighted by Crippen LogP contribution is 2.07. The molecule has 0 saturated carbocycles. The number of hydrogen-bond acceptors (Lipinski definition) is 3. The smallest absolute Gasteiger partial charge is 0.0824 e. The molecule has 0 aromatic rings. The van der Waals surface area contributed by atoms with Crippen molar-refractivity contribution in [2.24, 2.45) is 5.73 Å². The molecule has 1 fully saturated rings. The topological polar surface area (TPSA) is 38.5 Å². The molecule has 0 aromatic carbocycles. The average molecular weight is 144 g/mol. The van der Waals surface area contributed by atoms with Gasteiger partial charge in [0.1, 0.15) is 0 Å². The molecule has 1 aliphatic heterocycles. The fourth-order valence-electron chi connectivity index (χ4n) is 1.10. The van der Waals surface area contributed by atoms with Crippen molar-refractivity contribution < 1.29 is 4.74 Å². The van der Waals surface area contributed by atoms with E-state index in [4.69, 9.17) is 10.5 Å². The zero-order valence-electron chi connectivity index (χ0n) is 6.71. The summed E-state index contributed by atoms with van der Waals surface area (Å²) >= 11 is 0. The lowest BCUT2D eigenvalue weighted by Gasteiger charge is -2.34. The molecule has 0 spiro atoms. The largest absolute Gasteiger partial charge is 0.374 e. The van der Waals surface area contributed by atoms with Crippen molar-refractivity contribution in [1.29, 1.82) is 0 Å². The number of nitrogens with zero attached hydrogens (tertiary/aromatic N) is 1. The maximum atomic E-state index is 5.46. The van der Waals surface area contributed by atoms with E-state index in [2.05, 4.69) is 18.9 Å². The fourth-order valence-corrected chi connectivity index (χ4v) is 1.10. The van der Waals surface area contributed by atoms with E-state index in [1.807, 2.05) is 0 Å². The first-order chi connectivity index (χ1) is 4.74. The number of hydrogen-bond donors (Lipinski definition) is 1. The molecular formula is C7H16N2O. The molecule has 0 radical (unpaired) electrons. The first-order valence-corrected chi connectivity index (χ1v) is 3.76. The standard InChI is InChI=1S/C7H16N2O/c1-6-5-10-7(3-8)4-9(6)2/h6-7H,3-5,8H2,1-2H3/t6?,7-/m1/s1. The third kappa shape index (κ3) is 1.68. The highest BCUT2D eigenvalue weighted by atomic mass is 16.5. The molecule has 1 saturated heterocycles. The van der Waals surface area contributed by atoms with Crippen LogP contribution in [0, 0.1) is 0 Å². The van der Waals surface area contributed by atoms with Crippen LogP contribution in [0.4, 0.5) is 0 Å². The lowest BCUT2D eigenvalue weighted by molar-refractivity contribution is -0.0432. The zero-order valence-corrected chi connectivity index (χ0v) is 6.71. The molecule has 10 heavy (non-hydrogen) atoms. The Balaban J connectivity index is 2.33. The molecular weight excluding hydrogens is 128 g/mol. The Morgan fingerprint density at radius 3 is 2.90 bits per heavy atom. The Labute approximate surface area is 62.1 Å². The van der Waals surface area contributed by atoms with Crippen LogP contribution in [-0.2, 0) is 4.74 Å². The zero-order chi connectivity index (χ0) is 7.56. The highest BCUT2D eigenvalue weighted by Gasteiger charge is 2.21. The SMILES string of the molecule is CC1CO[C@H](CN)CN1C. The second-order valence-electron chi connectivity index (χ2n) is 2.98. The molecule has 3 heteroatoms. The van der Waals surface area contributed by atoms with Gasteiger partial charge in [-0.05, 0) is 14.0 Å². The molecule has 2 N–H and O–H groups in total. The summed E-state index contributed by atoms with van der Waals surface area (Å²) in [4.78, 5) is 2.28. The van der Waals surface area contributed by atoms with Crippen LogP contribution in [-0.4, -0.2) is 43.8 Å². The van der Waals surface area contributed by atoms with Crippen LogP contribution < -0.4 is 5.73 Å². The monoisotopic (exact) mass is 144 g/mol. The maximum absolute atomic E-state index is 5.46. The van der Waals surface area contributed by atoms with Crippen LogP contribution in [0.3, 0.4) is 0 Å². The van der Waals surface area contributed by atoms with E-state index >= 15 is 0 Å². The van der Waals surface area contributed by atoms with Crippen LogP contribution in [0.1, 0.15) is 6.92 Å². The van der Waals surface area contributed by atoms with Gasteiger partial charge in [0.2, 0.25) is 0 Å². The summed E-state index contributed by atoms with van der Waals surface area (Å²) in [5.41, 5.74) is 5.46. The van der Waals surface area contributed by atoms with E-state index in [0.29, 0.717) is 12.6 Å². The minimum atomic E-state index is 0.251. The van der Waals surface area contributed by atoms with E-state index < -0.39 is 0 Å². The summed E-state index contributed by atoms with van der Waals surface area (Å²) in [6.07, 6.45) is 0.251. The Bertz CT molecular complexity index is 108. The normalized spacial score (nSPS) is 36.3. The van der Waals surface area contributed by atoms with Crippen molar-refractivity contribution in [2.45, 2.75) is 19.1 Å². The Hall–Kier alpha value is -0.120. The molecule has 60 valence electrons. The fraction of sp³-hybridized carbons (Fsp3) is 1.00. The minimum absolute atomic E-state index is 0.251. The molecule has 1 aliphatic rings. The van der Waals surface area contributed by atoms with Gasteiger partial charge < -0.3 is 10.5 Å². The Morgan fingerprint density at radius 1 is 1.70 bits per heavy atom. The molecule has 1 heterocycles. The number of morpholine rings is 1. The maximum Gasteiger partial charge on any atom is 0.0824 e. The highest BCUT2D eigenvalue weighted by molar-refractivity contribution is 4.74. The van der Waals surface area contributed by atoms with Crippen LogP contribution in [0.5, 0.6) is 0 Å². The molecule has 0 bridgehead atoms. The number of likely N-dealkylation sites (N-methyl/N-ethyl adjacent to an activating group) is 1. The van der Waals surface area contributed by atoms with Crippen LogP contribution in [0.2, 0.25) is 0 Å². The average Bonchev–Trinajstić information content (AvgIpc) is 1.95. The number of rotatable bonds is 1. The summed E-state index contributed by atoms with van der Waals surface area (Å²) in [5, 5.41) is 0. The van der Waals surface area contributed by atoms with Gasteiger partial charge in [0.15, 0.2) is 0 Å². The van der Waals surface area contributed by atoms with Crippen LogP contribution >= 0.6 is 0 Å². The van der Waals surface area contributed by atoms with Gasteiger partial charge >= 0.3 is 0 Å².